The lowest BCUT2D eigenvalue weighted by Crippen LogP contribution is -2.71. The highest BCUT2D eigenvalue weighted by molar-refractivity contribution is 7.84. The van der Waals surface area contributed by atoms with Gasteiger partial charge in [0.1, 0.15) is 110 Å². The monoisotopic (exact) mass is 1410 g/mol. The van der Waals surface area contributed by atoms with E-state index in [1.165, 1.54) is 9.44 Å². The van der Waals surface area contributed by atoms with Crippen LogP contribution in [0.4, 0.5) is 0 Å². The SMILES string of the molecule is O=C(O)[C@H]1O[C@@H](O[C@H]2[C@@H](OS(=O)(=O)O)[C@@H](NS(=O)(=O)O)[C@@H](O[C@H]3[C@H](O)[C@@H](O)[C@H](O[C@H]4[C@@H](O)[C@@H](NS(=O)(=O)O)[C@@H](O)O[C@@H]4COS(=O)(=O)O)O[C@@H]3C(=O)O)O[C@@H]2COS(=O)(=O)O)[C@H](O)[C@@H](O)[C@@H]1O[C@H]1O[C@H](COS(=O)(=O)O)[C@@H](O)[C@H](O)[C@H]1NS(=O)(=O)O. The van der Waals surface area contributed by atoms with E-state index in [9.17, 15) is 142 Å². The maximum absolute atomic E-state index is 12.8. The maximum atomic E-state index is 12.8. The van der Waals surface area contributed by atoms with Gasteiger partial charge in [-0.05, 0) is 0 Å². The molecule has 5 aliphatic rings. The van der Waals surface area contributed by atoms with Crippen LogP contribution in [0.5, 0.6) is 0 Å². The fraction of sp³-hybridized carbons (Fsp3) is 0.933. The fourth-order valence-electron chi connectivity index (χ4n) is 8.57. The zero-order chi connectivity index (χ0) is 65.5. The van der Waals surface area contributed by atoms with Gasteiger partial charge in [0.15, 0.2) is 43.7 Å². The van der Waals surface area contributed by atoms with E-state index in [0.717, 1.165) is 4.72 Å². The molecule has 5 heterocycles. The van der Waals surface area contributed by atoms with Crippen LogP contribution in [0.2, 0.25) is 0 Å². The summed E-state index contributed by atoms with van der Waals surface area (Å²) in [6, 6.07) is -8.11. The molecule has 5 aliphatic heterocycles. The van der Waals surface area contributed by atoms with Gasteiger partial charge in [-0.1, -0.05) is 0 Å². The van der Waals surface area contributed by atoms with E-state index in [1.807, 2.05) is 0 Å². The van der Waals surface area contributed by atoms with E-state index in [1.54, 1.807) is 0 Å². The Bertz CT molecular complexity index is 3190. The molecule has 56 heteroatoms. The first-order chi connectivity index (χ1) is 38.9. The number of nitrogens with one attached hydrogen (secondary N) is 3. The summed E-state index contributed by atoms with van der Waals surface area (Å²) < 4.78 is 300. The largest absolute Gasteiger partial charge is 0.479 e. The molecule has 49 nitrogen and oxygen atoms in total. The van der Waals surface area contributed by atoms with E-state index >= 15 is 0 Å². The van der Waals surface area contributed by atoms with Crippen molar-refractivity contribution < 1.29 is 211 Å². The Morgan fingerprint density at radius 3 is 1.09 bits per heavy atom. The van der Waals surface area contributed by atoms with Gasteiger partial charge in [0.2, 0.25) is 0 Å². The molecular formula is C30H51N3O46S7. The zero-order valence-electron chi connectivity index (χ0n) is 41.4. The molecule has 5 rings (SSSR count). The highest BCUT2D eigenvalue weighted by atomic mass is 32.3. The number of carboxylic acid groups (broad SMARTS) is 2. The number of hydrogen-bond donors (Lipinski definition) is 20. The molecule has 0 aromatic carbocycles. The third kappa shape index (κ3) is 20.7. The molecule has 86 heavy (non-hydrogen) atoms. The minimum atomic E-state index is -6.27. The van der Waals surface area contributed by atoms with E-state index in [0.29, 0.717) is 0 Å². The van der Waals surface area contributed by atoms with Gasteiger partial charge in [-0.3, -0.25) is 31.9 Å². The third-order valence-electron chi connectivity index (χ3n) is 12.0. The van der Waals surface area contributed by atoms with Crippen molar-refractivity contribution in [1.29, 1.82) is 0 Å². The van der Waals surface area contributed by atoms with Crippen LogP contribution in [0.3, 0.4) is 0 Å². The Labute approximate surface area is 480 Å². The second-order valence-electron chi connectivity index (χ2n) is 18.0. The second kappa shape index (κ2) is 28.1. The summed E-state index contributed by atoms with van der Waals surface area (Å²) in [6.07, 6.45) is -61.6. The molecule has 0 spiro atoms. The molecule has 20 N–H and O–H groups in total. The number of aliphatic carboxylic acids is 2. The van der Waals surface area contributed by atoms with Crippen LogP contribution >= 0.6 is 0 Å². The average molecular weight is 1410 g/mol. The van der Waals surface area contributed by atoms with Gasteiger partial charge in [-0.2, -0.15) is 73.1 Å². The lowest BCUT2D eigenvalue weighted by atomic mass is 9.94. The maximum Gasteiger partial charge on any atom is 0.397 e. The van der Waals surface area contributed by atoms with Crippen molar-refractivity contribution in [1.82, 2.24) is 14.2 Å². The first-order valence-corrected chi connectivity index (χ1v) is 32.3. The Morgan fingerprint density at radius 1 is 0.349 bits per heavy atom. The summed E-state index contributed by atoms with van der Waals surface area (Å²) >= 11 is 0. The molecule has 0 radical (unpaired) electrons. The number of carboxylic acids is 2. The summed E-state index contributed by atoms with van der Waals surface area (Å²) in [7, 11) is -40.0. The summed E-state index contributed by atoms with van der Waals surface area (Å²) in [5.41, 5.74) is 0. The molecule has 0 bridgehead atoms. The molecule has 0 aromatic rings. The van der Waals surface area contributed by atoms with Crippen molar-refractivity contribution in [2.24, 2.45) is 0 Å². The Morgan fingerprint density at radius 2 is 0.698 bits per heavy atom. The van der Waals surface area contributed by atoms with Gasteiger partial charge in [0, 0.05) is 0 Å². The molecule has 0 aliphatic carbocycles. The van der Waals surface area contributed by atoms with Gasteiger partial charge in [-0.25, -0.2) is 26.3 Å². The molecule has 504 valence electrons. The van der Waals surface area contributed by atoms with Gasteiger partial charge >= 0.3 is 84.4 Å². The number of aliphatic hydroxyl groups excluding tert-OH is 8. The quantitative estimate of drug-likeness (QED) is 0.0340. The normalized spacial score (nSPS) is 40.0. The summed E-state index contributed by atoms with van der Waals surface area (Å²) in [4.78, 5) is 25.5. The van der Waals surface area contributed by atoms with Gasteiger partial charge in [0.25, 0.3) is 0 Å². The molecule has 0 unspecified atom stereocenters. The third-order valence-corrected chi connectivity index (χ3v) is 15.5. The van der Waals surface area contributed by atoms with E-state index < -0.39 is 258 Å². The van der Waals surface area contributed by atoms with Crippen molar-refractivity contribution in [2.75, 3.05) is 19.8 Å². The molecule has 25 atom stereocenters. The standard InChI is InChI=1S/C30H51N3O46S7/c34-10-4(1-67-83(55,56)57)71-27(8(11(10)35)32-81(49,50)51)75-20-14(38)16(40)30(78-22(20)24(41)42)74-18-6(3-69-85(61,62)63)72-28(9(33-82(52,53)54)19(18)79-86(64,65)66)76-21-13(37)15(39)29(77-23(21)25(43)44)73-17-5(2-68-84(58,59)60)70-26(45)7(12(17)36)31-80(46,47)48/h4-23,26-40,45H,1-3H2,(H,41,42)(H,43,44)(H,46,47,48)(H,49,50,51)(H,52,53,54)(H,55,56,57)(H,58,59,60)(H,61,62,63)(H,64,65,66)/t4-,5-,6-,7-,8-,9-,10-,11-,12+,13-,14-,15-,16-,17-,18-,19+,20+,21+,22+,23+,26+,27-,28-,29-,30-/m1/s1. The van der Waals surface area contributed by atoms with E-state index in [-0.39, 0.29) is 0 Å². The predicted molar refractivity (Wildman–Crippen MR) is 247 cm³/mol. The van der Waals surface area contributed by atoms with E-state index in [2.05, 4.69) is 16.7 Å². The average Bonchev–Trinajstić information content (AvgIpc) is 0.808. The molecule has 5 fully saturated rings. The minimum absolute atomic E-state index is 1.16. The summed E-state index contributed by atoms with van der Waals surface area (Å²) in [6.45, 7) is -4.91. The summed E-state index contributed by atoms with van der Waals surface area (Å²) in [5.74, 6) is -4.75. The highest BCUT2D eigenvalue weighted by Gasteiger charge is 2.60. The topological polar surface area (TPSA) is 773 Å². The minimum Gasteiger partial charge on any atom is -0.479 e. The van der Waals surface area contributed by atoms with Crippen molar-refractivity contribution in [3.8, 4) is 0 Å². The van der Waals surface area contributed by atoms with Crippen LogP contribution in [-0.4, -0.2) is 327 Å². The Balaban J connectivity index is 1.53. The number of rotatable bonds is 27. The second-order valence-corrected chi connectivity index (χ2v) is 25.9. The molecule has 0 aromatic heterocycles. The van der Waals surface area contributed by atoms with Crippen molar-refractivity contribution in [3.63, 3.8) is 0 Å². The van der Waals surface area contributed by atoms with Crippen LogP contribution in [-0.2, 0) is 141 Å². The van der Waals surface area contributed by atoms with Crippen molar-refractivity contribution in [3.05, 3.63) is 0 Å². The first-order valence-electron chi connectivity index (χ1n) is 22.5. The van der Waals surface area contributed by atoms with Gasteiger partial charge in [-0.15, -0.1) is 0 Å². The number of ether oxygens (including phenoxy) is 9. The Hall–Kier alpha value is -2.65. The van der Waals surface area contributed by atoms with E-state index in [4.69, 9.17) is 51.7 Å². The summed E-state index contributed by atoms with van der Waals surface area (Å²) in [5, 5.41) is 108. The number of aliphatic hydroxyl groups is 8. The van der Waals surface area contributed by atoms with Crippen molar-refractivity contribution >= 4 is 84.4 Å². The lowest BCUT2D eigenvalue weighted by molar-refractivity contribution is -0.374. The zero-order valence-corrected chi connectivity index (χ0v) is 47.1. The molecular weight excluding hydrogens is 1360 g/mol. The molecule has 0 saturated carbocycles. The van der Waals surface area contributed by atoms with Crippen LogP contribution in [0.25, 0.3) is 0 Å². The molecule has 5 saturated heterocycles. The smallest absolute Gasteiger partial charge is 0.397 e. The predicted octanol–water partition coefficient (Wildman–Crippen LogP) is -14.2. The first kappa shape index (κ1) is 74.1. The van der Waals surface area contributed by atoms with Crippen LogP contribution in [0.1, 0.15) is 0 Å². The highest BCUT2D eigenvalue weighted by Crippen LogP contribution is 2.38. The van der Waals surface area contributed by atoms with Gasteiger partial charge < -0.3 is 93.7 Å². The van der Waals surface area contributed by atoms with Crippen molar-refractivity contribution in [2.45, 2.75) is 153 Å². The molecule has 0 amide bonds. The van der Waals surface area contributed by atoms with Crippen LogP contribution in [0, 0.1) is 0 Å². The Kier molecular flexibility index (Phi) is 24.2. The number of carbonyl (C=O) groups is 2. The van der Waals surface area contributed by atoms with Gasteiger partial charge in [0.05, 0.1) is 19.8 Å². The lowest BCUT2D eigenvalue weighted by Gasteiger charge is -2.50. The van der Waals surface area contributed by atoms with Crippen LogP contribution in [0.15, 0.2) is 0 Å². The number of hydrogen-bond acceptors (Lipinski definition) is 37. The van der Waals surface area contributed by atoms with Crippen LogP contribution < -0.4 is 14.2 Å². The fourth-order valence-corrected chi connectivity index (χ4v) is 11.8.